The van der Waals surface area contributed by atoms with Crippen molar-refractivity contribution in [3.63, 3.8) is 0 Å². The molecule has 0 spiro atoms. The molecule has 1 aliphatic rings. The molecule has 0 aromatic rings. The molecule has 1 aliphatic heterocycles. The molecule has 0 aromatic heterocycles. The molecule has 10 heavy (non-hydrogen) atoms. The molecular weight excluding hydrogens is 122 g/mol. The number of hydrogen-bond acceptors (Lipinski definition) is 1. The molecule has 1 fully saturated rings. The lowest BCUT2D eigenvalue weighted by Gasteiger charge is -2.10. The Labute approximate surface area is 65.7 Å². The van der Waals surface area contributed by atoms with Crippen LogP contribution in [0.2, 0.25) is 0 Å². The van der Waals surface area contributed by atoms with E-state index in [2.05, 4.69) is 12.2 Å². The van der Waals surface area contributed by atoms with Crippen LogP contribution in [0.3, 0.4) is 0 Å². The minimum absolute atomic E-state index is 0. The average Bonchev–Trinajstić information content (AvgIpc) is 2.17. The van der Waals surface area contributed by atoms with E-state index in [1.54, 1.807) is 0 Å². The van der Waals surface area contributed by atoms with Crippen LogP contribution in [-0.4, -0.2) is 13.1 Å². The van der Waals surface area contributed by atoms with E-state index < -0.39 is 0 Å². The third kappa shape index (κ3) is 2.70. The van der Waals surface area contributed by atoms with Crippen LogP contribution in [0.1, 0.15) is 40.5 Å². The molecule has 1 rings (SSSR count). The molecule has 62 valence electrons. The maximum Gasteiger partial charge on any atom is 0 e. The van der Waals surface area contributed by atoms with Gasteiger partial charge in [-0.3, -0.25) is 0 Å². The van der Waals surface area contributed by atoms with Crippen molar-refractivity contribution in [3.8, 4) is 0 Å². The van der Waals surface area contributed by atoms with Gasteiger partial charge in [0.15, 0.2) is 0 Å². The van der Waals surface area contributed by atoms with Gasteiger partial charge in [-0.2, -0.15) is 0 Å². The standard InChI is InChI=1S/C9H19N.H2/c1-2-4-9-5-3-7-10-8-6-9;/h9-10H,2-8H2,1H3;1H. The minimum Gasteiger partial charge on any atom is -0.317 e. The first-order valence-electron chi connectivity index (χ1n) is 4.64. The molecule has 0 amide bonds. The fraction of sp³-hybridized carbons (Fsp3) is 1.00. The summed E-state index contributed by atoms with van der Waals surface area (Å²) in [4.78, 5) is 0. The quantitative estimate of drug-likeness (QED) is 0.626. The van der Waals surface area contributed by atoms with Crippen molar-refractivity contribution in [1.82, 2.24) is 5.32 Å². The largest absolute Gasteiger partial charge is 0.317 e. The number of hydrogen-bond donors (Lipinski definition) is 1. The summed E-state index contributed by atoms with van der Waals surface area (Å²) in [6, 6.07) is 0. The Bertz CT molecular complexity index is 77.6. The van der Waals surface area contributed by atoms with E-state index in [9.17, 15) is 0 Å². The van der Waals surface area contributed by atoms with Gasteiger partial charge < -0.3 is 5.32 Å². The monoisotopic (exact) mass is 143 g/mol. The molecule has 0 saturated carbocycles. The first-order chi connectivity index (χ1) is 4.93. The van der Waals surface area contributed by atoms with Gasteiger partial charge in [-0.1, -0.05) is 19.8 Å². The van der Waals surface area contributed by atoms with Crippen molar-refractivity contribution < 1.29 is 1.43 Å². The van der Waals surface area contributed by atoms with Crippen LogP contribution in [0, 0.1) is 5.92 Å². The molecule has 1 unspecified atom stereocenters. The lowest BCUT2D eigenvalue weighted by molar-refractivity contribution is 0.434. The summed E-state index contributed by atoms with van der Waals surface area (Å²) in [7, 11) is 0. The van der Waals surface area contributed by atoms with Crippen LogP contribution in [0.5, 0.6) is 0 Å². The van der Waals surface area contributed by atoms with Crippen LogP contribution in [0.4, 0.5) is 0 Å². The first-order valence-corrected chi connectivity index (χ1v) is 4.64. The van der Waals surface area contributed by atoms with E-state index >= 15 is 0 Å². The molecule has 1 nitrogen and oxygen atoms in total. The molecule has 1 heterocycles. The highest BCUT2D eigenvalue weighted by molar-refractivity contribution is 4.65. The van der Waals surface area contributed by atoms with E-state index in [4.69, 9.17) is 0 Å². The second-order valence-electron chi connectivity index (χ2n) is 3.34. The Balaban J connectivity index is 0.000001000. The summed E-state index contributed by atoms with van der Waals surface area (Å²) in [5, 5.41) is 3.44. The normalized spacial score (nSPS) is 27.9. The Kier molecular flexibility index (Phi) is 3.81. The molecule has 1 saturated heterocycles. The molecule has 0 aliphatic carbocycles. The molecular formula is C9H21N. The smallest absolute Gasteiger partial charge is 0 e. The van der Waals surface area contributed by atoms with Gasteiger partial charge >= 0.3 is 0 Å². The van der Waals surface area contributed by atoms with Gasteiger partial charge in [0.05, 0.1) is 0 Å². The van der Waals surface area contributed by atoms with E-state index in [0.29, 0.717) is 0 Å². The third-order valence-electron chi connectivity index (χ3n) is 2.39. The van der Waals surface area contributed by atoms with Crippen molar-refractivity contribution in [2.45, 2.75) is 39.0 Å². The molecule has 0 radical (unpaired) electrons. The minimum atomic E-state index is 0. The van der Waals surface area contributed by atoms with Crippen LogP contribution in [0.25, 0.3) is 0 Å². The van der Waals surface area contributed by atoms with Crippen molar-refractivity contribution in [2.24, 2.45) is 5.92 Å². The highest BCUT2D eigenvalue weighted by Crippen LogP contribution is 2.18. The van der Waals surface area contributed by atoms with E-state index in [0.717, 1.165) is 5.92 Å². The summed E-state index contributed by atoms with van der Waals surface area (Å²) in [5.41, 5.74) is 0. The second-order valence-corrected chi connectivity index (χ2v) is 3.34. The fourth-order valence-corrected chi connectivity index (χ4v) is 1.79. The summed E-state index contributed by atoms with van der Waals surface area (Å²) >= 11 is 0. The second kappa shape index (κ2) is 4.73. The van der Waals surface area contributed by atoms with Gasteiger partial charge in [-0.25, -0.2) is 0 Å². The summed E-state index contributed by atoms with van der Waals surface area (Å²) in [5.74, 6) is 1.03. The maximum atomic E-state index is 3.44. The Hall–Kier alpha value is -0.0400. The van der Waals surface area contributed by atoms with Crippen molar-refractivity contribution in [1.29, 1.82) is 0 Å². The van der Waals surface area contributed by atoms with E-state index in [1.165, 1.54) is 45.2 Å². The zero-order valence-corrected chi connectivity index (χ0v) is 7.03. The first kappa shape index (κ1) is 8.06. The zero-order valence-electron chi connectivity index (χ0n) is 7.03. The maximum absolute atomic E-state index is 3.44. The van der Waals surface area contributed by atoms with Gasteiger partial charge in [0.2, 0.25) is 0 Å². The van der Waals surface area contributed by atoms with Gasteiger partial charge in [-0.15, -0.1) is 0 Å². The Morgan fingerprint density at radius 3 is 3.10 bits per heavy atom. The Morgan fingerprint density at radius 1 is 1.40 bits per heavy atom. The molecule has 1 N–H and O–H groups in total. The summed E-state index contributed by atoms with van der Waals surface area (Å²) < 4.78 is 0. The molecule has 0 bridgehead atoms. The van der Waals surface area contributed by atoms with Gasteiger partial charge in [-0.05, 0) is 38.3 Å². The Morgan fingerprint density at radius 2 is 2.30 bits per heavy atom. The van der Waals surface area contributed by atoms with Crippen LogP contribution in [-0.2, 0) is 0 Å². The SMILES string of the molecule is CCCC1CCCNCC1.[HH]. The zero-order chi connectivity index (χ0) is 7.23. The average molecular weight is 143 g/mol. The highest BCUT2D eigenvalue weighted by atomic mass is 14.8. The highest BCUT2D eigenvalue weighted by Gasteiger charge is 2.09. The predicted molar refractivity (Wildman–Crippen MR) is 47.2 cm³/mol. The lowest BCUT2D eigenvalue weighted by Crippen LogP contribution is -2.13. The van der Waals surface area contributed by atoms with Crippen molar-refractivity contribution in [2.75, 3.05) is 13.1 Å². The van der Waals surface area contributed by atoms with Crippen LogP contribution >= 0.6 is 0 Å². The van der Waals surface area contributed by atoms with E-state index in [-0.39, 0.29) is 1.43 Å². The predicted octanol–water partition coefficient (Wildman–Crippen LogP) is 2.42. The fourth-order valence-electron chi connectivity index (χ4n) is 1.79. The van der Waals surface area contributed by atoms with Crippen LogP contribution < -0.4 is 5.32 Å². The van der Waals surface area contributed by atoms with Gasteiger partial charge in [0.25, 0.3) is 0 Å². The number of rotatable bonds is 2. The molecule has 1 heteroatoms. The molecule has 0 aromatic carbocycles. The van der Waals surface area contributed by atoms with E-state index in [1.807, 2.05) is 0 Å². The lowest BCUT2D eigenvalue weighted by atomic mass is 9.96. The topological polar surface area (TPSA) is 12.0 Å². The summed E-state index contributed by atoms with van der Waals surface area (Å²) in [6.45, 7) is 4.79. The van der Waals surface area contributed by atoms with Gasteiger partial charge in [0.1, 0.15) is 0 Å². The van der Waals surface area contributed by atoms with Crippen molar-refractivity contribution in [3.05, 3.63) is 0 Å². The van der Waals surface area contributed by atoms with Crippen molar-refractivity contribution >= 4 is 0 Å². The van der Waals surface area contributed by atoms with Crippen LogP contribution in [0.15, 0.2) is 0 Å². The third-order valence-corrected chi connectivity index (χ3v) is 2.39. The van der Waals surface area contributed by atoms with Gasteiger partial charge in [0, 0.05) is 1.43 Å². The number of nitrogens with one attached hydrogen (secondary N) is 1. The summed E-state index contributed by atoms with van der Waals surface area (Å²) in [6.07, 6.45) is 7.08. The molecule has 1 atom stereocenters.